The molecule has 1 aliphatic rings. The van der Waals surface area contributed by atoms with E-state index in [2.05, 4.69) is 22.5 Å². The van der Waals surface area contributed by atoms with Crippen molar-refractivity contribution in [2.24, 2.45) is 0 Å². The molecule has 0 spiro atoms. The number of anilines is 1. The van der Waals surface area contributed by atoms with Crippen molar-refractivity contribution in [3.8, 4) is 11.5 Å². The van der Waals surface area contributed by atoms with Gasteiger partial charge in [0.1, 0.15) is 6.61 Å². The summed E-state index contributed by atoms with van der Waals surface area (Å²) in [6, 6.07) is 13.1. The van der Waals surface area contributed by atoms with E-state index in [0.717, 1.165) is 15.7 Å². The number of benzene rings is 2. The van der Waals surface area contributed by atoms with Gasteiger partial charge in [0.05, 0.1) is 21.7 Å². The molecule has 1 fully saturated rings. The average Bonchev–Trinajstić information content (AvgIpc) is 2.95. The molecule has 2 aromatic carbocycles. The minimum atomic E-state index is -0.137. The third-order valence-corrected chi connectivity index (χ3v) is 5.67. The molecule has 0 unspecified atom stereocenters. The number of hydrogen-bond donors (Lipinski definition) is 0. The van der Waals surface area contributed by atoms with Gasteiger partial charge < -0.3 is 9.47 Å². The lowest BCUT2D eigenvalue weighted by Gasteiger charge is -2.14. The molecule has 1 saturated heterocycles. The van der Waals surface area contributed by atoms with Crippen LogP contribution in [0.15, 0.2) is 64.5 Å². The summed E-state index contributed by atoms with van der Waals surface area (Å²) in [6.45, 7) is 6.44. The number of thiocarbonyl (C=S) groups is 1. The van der Waals surface area contributed by atoms with Crippen LogP contribution in [0.3, 0.4) is 0 Å². The molecular weight excluding hydrogens is 458 g/mol. The molecule has 28 heavy (non-hydrogen) atoms. The summed E-state index contributed by atoms with van der Waals surface area (Å²) in [7, 11) is 0. The Labute approximate surface area is 182 Å². The van der Waals surface area contributed by atoms with Gasteiger partial charge in [-0.2, -0.15) is 0 Å². The van der Waals surface area contributed by atoms with Crippen LogP contribution in [0.5, 0.6) is 11.5 Å². The lowest BCUT2D eigenvalue weighted by atomic mass is 10.1. The zero-order valence-electron chi connectivity index (χ0n) is 15.2. The highest BCUT2D eigenvalue weighted by Crippen LogP contribution is 2.40. The molecule has 1 amide bonds. The number of nitrogens with zero attached hydrogens (tertiary/aromatic N) is 1. The van der Waals surface area contributed by atoms with Gasteiger partial charge in [-0.15, -0.1) is 0 Å². The van der Waals surface area contributed by atoms with Crippen LogP contribution in [0, 0.1) is 0 Å². The van der Waals surface area contributed by atoms with Crippen molar-refractivity contribution < 1.29 is 14.3 Å². The average molecular weight is 476 g/mol. The Morgan fingerprint density at radius 2 is 2.00 bits per heavy atom. The molecule has 1 aliphatic heterocycles. The Morgan fingerprint density at radius 1 is 1.25 bits per heavy atom. The molecule has 0 radical (unpaired) electrons. The van der Waals surface area contributed by atoms with Crippen molar-refractivity contribution in [1.29, 1.82) is 0 Å². The van der Waals surface area contributed by atoms with E-state index >= 15 is 0 Å². The smallest absolute Gasteiger partial charge is 0.270 e. The fourth-order valence-electron chi connectivity index (χ4n) is 2.64. The first-order chi connectivity index (χ1) is 13.5. The van der Waals surface area contributed by atoms with Gasteiger partial charge in [-0.05, 0) is 58.8 Å². The molecule has 0 bridgehead atoms. The molecule has 0 aliphatic carbocycles. The van der Waals surface area contributed by atoms with E-state index in [1.807, 2.05) is 55.5 Å². The number of para-hydroxylation sites is 1. The maximum atomic E-state index is 12.9. The summed E-state index contributed by atoms with van der Waals surface area (Å²) in [5, 5.41) is 0. The number of ether oxygens (including phenoxy) is 2. The van der Waals surface area contributed by atoms with E-state index < -0.39 is 0 Å². The minimum absolute atomic E-state index is 0.137. The van der Waals surface area contributed by atoms with Gasteiger partial charge in [0, 0.05) is 0 Å². The van der Waals surface area contributed by atoms with Crippen LogP contribution in [0.25, 0.3) is 6.08 Å². The first kappa shape index (κ1) is 20.6. The number of carbonyl (C=O) groups excluding carboxylic acids is 1. The van der Waals surface area contributed by atoms with E-state index in [-0.39, 0.29) is 5.91 Å². The summed E-state index contributed by atoms with van der Waals surface area (Å²) in [4.78, 5) is 15.0. The first-order valence-electron chi connectivity index (χ1n) is 8.58. The highest BCUT2D eigenvalue weighted by Gasteiger charge is 2.33. The largest absolute Gasteiger partial charge is 0.490 e. The Morgan fingerprint density at radius 3 is 2.68 bits per heavy atom. The number of thioether (sulfide) groups is 1. The molecule has 7 heteroatoms. The van der Waals surface area contributed by atoms with Gasteiger partial charge in [-0.1, -0.05) is 54.8 Å². The number of halogens is 1. The normalized spacial score (nSPS) is 15.2. The molecule has 0 aromatic heterocycles. The molecule has 0 N–H and O–H groups in total. The topological polar surface area (TPSA) is 38.8 Å². The van der Waals surface area contributed by atoms with Gasteiger partial charge >= 0.3 is 0 Å². The van der Waals surface area contributed by atoms with E-state index in [9.17, 15) is 4.79 Å². The molecule has 0 saturated carbocycles. The highest BCUT2D eigenvalue weighted by molar-refractivity contribution is 9.10. The number of hydrogen-bond acceptors (Lipinski definition) is 5. The third-order valence-electron chi connectivity index (χ3n) is 3.78. The van der Waals surface area contributed by atoms with Gasteiger partial charge in [0.15, 0.2) is 15.8 Å². The number of carbonyl (C=O) groups is 1. The summed E-state index contributed by atoms with van der Waals surface area (Å²) >= 11 is 10.2. The lowest BCUT2D eigenvalue weighted by molar-refractivity contribution is -0.113. The maximum Gasteiger partial charge on any atom is 0.270 e. The predicted molar refractivity (Wildman–Crippen MR) is 123 cm³/mol. The van der Waals surface area contributed by atoms with Crippen LogP contribution in [0.1, 0.15) is 12.5 Å². The zero-order chi connectivity index (χ0) is 20.1. The fraction of sp³-hybridized carbons (Fsp3) is 0.143. The van der Waals surface area contributed by atoms with Crippen molar-refractivity contribution in [3.05, 3.63) is 70.1 Å². The SMILES string of the molecule is C=CCOc1c(Br)cc(/C=C2/SC(=S)N(c3ccccc3)C2=O)cc1OCC. The lowest BCUT2D eigenvalue weighted by Crippen LogP contribution is -2.27. The van der Waals surface area contributed by atoms with Crippen molar-refractivity contribution in [1.82, 2.24) is 0 Å². The molecule has 144 valence electrons. The quantitative estimate of drug-likeness (QED) is 0.286. The minimum Gasteiger partial charge on any atom is -0.490 e. The van der Waals surface area contributed by atoms with Crippen molar-refractivity contribution in [3.63, 3.8) is 0 Å². The molecule has 4 nitrogen and oxygen atoms in total. The predicted octanol–water partition coefficient (Wildman–Crippen LogP) is 5.82. The maximum absolute atomic E-state index is 12.9. The van der Waals surface area contributed by atoms with Crippen LogP contribution >= 0.6 is 39.9 Å². The molecule has 0 atom stereocenters. The zero-order valence-corrected chi connectivity index (χ0v) is 18.4. The first-order valence-corrected chi connectivity index (χ1v) is 10.6. The second kappa shape index (κ2) is 9.41. The van der Waals surface area contributed by atoms with Crippen LogP contribution in [-0.4, -0.2) is 23.4 Å². The van der Waals surface area contributed by atoms with E-state index in [1.165, 1.54) is 11.8 Å². The van der Waals surface area contributed by atoms with Gasteiger partial charge in [0.2, 0.25) is 0 Å². The summed E-state index contributed by atoms with van der Waals surface area (Å²) in [5.74, 6) is 1.07. The summed E-state index contributed by atoms with van der Waals surface area (Å²) in [5.41, 5.74) is 1.58. The number of amides is 1. The van der Waals surface area contributed by atoms with Gasteiger partial charge in [-0.3, -0.25) is 9.69 Å². The highest BCUT2D eigenvalue weighted by atomic mass is 79.9. The second-order valence-electron chi connectivity index (χ2n) is 5.72. The van der Waals surface area contributed by atoms with Crippen LogP contribution < -0.4 is 14.4 Å². The standard InChI is InChI=1S/C21H18BrNO3S2/c1-3-10-26-19-16(22)11-14(12-17(19)25-4-2)13-18-20(24)23(21(27)28-18)15-8-6-5-7-9-15/h3,5-9,11-13H,1,4,10H2,2H3/b18-13+. The Bertz CT molecular complexity index is 944. The van der Waals surface area contributed by atoms with E-state index in [1.54, 1.807) is 11.0 Å². The third kappa shape index (κ3) is 4.48. The van der Waals surface area contributed by atoms with E-state index in [0.29, 0.717) is 33.9 Å². The Kier molecular flexibility index (Phi) is 6.93. The Hall–Kier alpha value is -2.09. The second-order valence-corrected chi connectivity index (χ2v) is 8.25. The van der Waals surface area contributed by atoms with Crippen LogP contribution in [0.4, 0.5) is 5.69 Å². The Balaban J connectivity index is 1.94. The van der Waals surface area contributed by atoms with E-state index in [4.69, 9.17) is 21.7 Å². The van der Waals surface area contributed by atoms with Gasteiger partial charge in [0.25, 0.3) is 5.91 Å². The van der Waals surface area contributed by atoms with Gasteiger partial charge in [-0.25, -0.2) is 0 Å². The molecule has 3 rings (SSSR count). The van der Waals surface area contributed by atoms with Crippen LogP contribution in [-0.2, 0) is 4.79 Å². The molecule has 2 aromatic rings. The van der Waals surface area contributed by atoms with Crippen molar-refractivity contribution >= 4 is 61.9 Å². The summed E-state index contributed by atoms with van der Waals surface area (Å²) < 4.78 is 12.7. The fourth-order valence-corrected chi connectivity index (χ4v) is 4.51. The monoisotopic (exact) mass is 475 g/mol. The number of rotatable bonds is 7. The van der Waals surface area contributed by atoms with Crippen molar-refractivity contribution in [2.45, 2.75) is 6.92 Å². The molecule has 1 heterocycles. The van der Waals surface area contributed by atoms with Crippen molar-refractivity contribution in [2.75, 3.05) is 18.1 Å². The van der Waals surface area contributed by atoms with Crippen LogP contribution in [0.2, 0.25) is 0 Å². The summed E-state index contributed by atoms with van der Waals surface area (Å²) in [6.07, 6.45) is 3.48. The molecular formula is C21H18BrNO3S2.